The van der Waals surface area contributed by atoms with Crippen molar-refractivity contribution in [2.75, 3.05) is 7.05 Å². The first-order chi connectivity index (χ1) is 3.18. The minimum Gasteiger partial charge on any atom is -0.308 e. The van der Waals surface area contributed by atoms with Gasteiger partial charge in [0.05, 0.1) is 6.04 Å². The lowest BCUT2D eigenvalue weighted by molar-refractivity contribution is -0.130. The summed E-state index contributed by atoms with van der Waals surface area (Å²) in [6, 6.07) is -1.97. The average Bonchev–Trinajstić information content (AvgIpc) is 1.65. The Morgan fingerprint density at radius 3 is 2.29 bits per heavy atom. The maximum atomic E-state index is 11.4. The van der Waals surface area contributed by atoms with Crippen molar-refractivity contribution < 1.29 is 9.18 Å². The van der Waals surface area contributed by atoms with Gasteiger partial charge in [0, 0.05) is 0 Å². The van der Waals surface area contributed by atoms with E-state index in [0.717, 1.165) is 0 Å². The van der Waals surface area contributed by atoms with E-state index in [1.54, 1.807) is 0 Å². The summed E-state index contributed by atoms with van der Waals surface area (Å²) >= 11 is 0. The van der Waals surface area contributed by atoms with E-state index in [4.69, 9.17) is 0 Å². The van der Waals surface area contributed by atoms with Crippen molar-refractivity contribution >= 4 is 6.04 Å². The normalized spacial score (nSPS) is 13.6. The van der Waals surface area contributed by atoms with Crippen LogP contribution in [-0.2, 0) is 4.79 Å². The standard InChI is InChI=1S/C4H8FNO/c1-3(6-2)4(5)7/h3,6H,1-2H3/t3-/m0/s1. The van der Waals surface area contributed by atoms with Crippen LogP contribution in [0.25, 0.3) is 0 Å². The van der Waals surface area contributed by atoms with Gasteiger partial charge in [-0.1, -0.05) is 0 Å². The number of carbonyl (C=O) groups excluding carboxylic acids is 1. The van der Waals surface area contributed by atoms with Gasteiger partial charge in [-0.15, -0.1) is 0 Å². The quantitative estimate of drug-likeness (QED) is 0.504. The maximum absolute atomic E-state index is 11.4. The van der Waals surface area contributed by atoms with Crippen molar-refractivity contribution in [3.05, 3.63) is 0 Å². The summed E-state index contributed by atoms with van der Waals surface area (Å²) in [7, 11) is 1.53. The molecule has 3 heteroatoms. The smallest absolute Gasteiger partial charge is 0.308 e. The van der Waals surface area contributed by atoms with Crippen molar-refractivity contribution in [3.63, 3.8) is 0 Å². The third-order valence-corrected chi connectivity index (χ3v) is 0.773. The molecule has 7 heavy (non-hydrogen) atoms. The predicted octanol–water partition coefficient (Wildman–Crippen LogP) is 0.0904. The zero-order chi connectivity index (χ0) is 5.86. The Morgan fingerprint density at radius 2 is 2.29 bits per heavy atom. The average molecular weight is 105 g/mol. The summed E-state index contributed by atoms with van der Waals surface area (Å²) < 4.78 is 11.4. The second-order valence-electron chi connectivity index (χ2n) is 1.31. The molecule has 0 aromatic carbocycles. The van der Waals surface area contributed by atoms with E-state index in [0.29, 0.717) is 0 Å². The molecule has 0 aliphatic carbocycles. The van der Waals surface area contributed by atoms with Crippen molar-refractivity contribution in [1.29, 1.82) is 0 Å². The van der Waals surface area contributed by atoms with Crippen LogP contribution >= 0.6 is 0 Å². The van der Waals surface area contributed by atoms with Gasteiger partial charge in [0.1, 0.15) is 0 Å². The molecule has 0 fully saturated rings. The Balaban J connectivity index is 3.34. The molecule has 0 heterocycles. The van der Waals surface area contributed by atoms with E-state index in [2.05, 4.69) is 5.32 Å². The van der Waals surface area contributed by atoms with Gasteiger partial charge in [-0.3, -0.25) is 4.79 Å². The van der Waals surface area contributed by atoms with Gasteiger partial charge >= 0.3 is 6.04 Å². The van der Waals surface area contributed by atoms with Crippen molar-refractivity contribution in [2.24, 2.45) is 0 Å². The van der Waals surface area contributed by atoms with Gasteiger partial charge in [0.2, 0.25) is 0 Å². The Labute approximate surface area is 41.7 Å². The Hall–Kier alpha value is -0.440. The molecule has 1 N–H and O–H groups in total. The number of likely N-dealkylation sites (N-methyl/N-ethyl adjacent to an activating group) is 1. The van der Waals surface area contributed by atoms with Gasteiger partial charge in [-0.05, 0) is 14.0 Å². The molecule has 0 bridgehead atoms. The fourth-order valence-electron chi connectivity index (χ4n) is 0.113. The molecule has 0 aromatic heterocycles. The van der Waals surface area contributed by atoms with Crippen LogP contribution in [-0.4, -0.2) is 19.1 Å². The number of carbonyl (C=O) groups is 1. The summed E-state index contributed by atoms with van der Waals surface area (Å²) in [5.41, 5.74) is 0. The lowest BCUT2D eigenvalue weighted by atomic mass is 10.4. The van der Waals surface area contributed by atoms with E-state index in [1.165, 1.54) is 14.0 Å². The van der Waals surface area contributed by atoms with E-state index in [9.17, 15) is 9.18 Å². The fourth-order valence-corrected chi connectivity index (χ4v) is 0.113. The molecule has 1 atom stereocenters. The largest absolute Gasteiger partial charge is 0.317 e. The minimum atomic E-state index is -1.32. The summed E-state index contributed by atoms with van der Waals surface area (Å²) in [6.45, 7) is 1.46. The molecule has 0 rings (SSSR count). The fraction of sp³-hybridized carbons (Fsp3) is 0.750. The van der Waals surface area contributed by atoms with Crippen molar-refractivity contribution in [3.8, 4) is 0 Å². The number of hydrogen-bond acceptors (Lipinski definition) is 2. The molecule has 0 aliphatic rings. The van der Waals surface area contributed by atoms with Crippen LogP contribution in [0.1, 0.15) is 6.92 Å². The van der Waals surface area contributed by atoms with Gasteiger partial charge in [0.25, 0.3) is 0 Å². The van der Waals surface area contributed by atoms with Gasteiger partial charge < -0.3 is 5.32 Å². The first-order valence-corrected chi connectivity index (χ1v) is 2.05. The second kappa shape index (κ2) is 2.69. The zero-order valence-electron chi connectivity index (χ0n) is 4.36. The van der Waals surface area contributed by atoms with E-state index in [-0.39, 0.29) is 0 Å². The van der Waals surface area contributed by atoms with Gasteiger partial charge in [-0.2, -0.15) is 4.39 Å². The van der Waals surface area contributed by atoms with Crippen molar-refractivity contribution in [2.45, 2.75) is 13.0 Å². The summed E-state index contributed by atoms with van der Waals surface area (Å²) in [4.78, 5) is 9.65. The molecule has 0 unspecified atom stereocenters. The zero-order valence-corrected chi connectivity index (χ0v) is 4.36. The molecular weight excluding hydrogens is 97.0 g/mol. The molecule has 0 saturated carbocycles. The topological polar surface area (TPSA) is 29.1 Å². The van der Waals surface area contributed by atoms with Crippen LogP contribution in [0.5, 0.6) is 0 Å². The molecule has 0 amide bonds. The lowest BCUT2D eigenvalue weighted by Crippen LogP contribution is -2.27. The number of halogens is 1. The molecule has 0 spiro atoms. The van der Waals surface area contributed by atoms with Crippen LogP contribution in [0.15, 0.2) is 0 Å². The first kappa shape index (κ1) is 6.56. The van der Waals surface area contributed by atoms with Crippen LogP contribution in [0, 0.1) is 0 Å². The highest BCUT2D eigenvalue weighted by molar-refractivity contribution is 5.73. The maximum Gasteiger partial charge on any atom is 0.317 e. The highest BCUT2D eigenvalue weighted by Gasteiger charge is 2.05. The monoisotopic (exact) mass is 105 g/mol. The summed E-state index contributed by atoms with van der Waals surface area (Å²) in [5, 5.41) is 2.44. The molecule has 0 saturated heterocycles. The molecule has 2 nitrogen and oxygen atoms in total. The number of nitrogens with one attached hydrogen (secondary N) is 1. The molecule has 0 aromatic rings. The third kappa shape index (κ3) is 2.28. The second-order valence-corrected chi connectivity index (χ2v) is 1.31. The Kier molecular flexibility index (Phi) is 2.52. The Bertz CT molecular complexity index is 74.1. The van der Waals surface area contributed by atoms with Crippen LogP contribution in [0.3, 0.4) is 0 Å². The van der Waals surface area contributed by atoms with Crippen molar-refractivity contribution in [1.82, 2.24) is 5.32 Å². The van der Waals surface area contributed by atoms with E-state index < -0.39 is 12.1 Å². The van der Waals surface area contributed by atoms with E-state index >= 15 is 0 Å². The summed E-state index contributed by atoms with van der Waals surface area (Å²) in [5.74, 6) is 0. The van der Waals surface area contributed by atoms with Crippen LogP contribution in [0.4, 0.5) is 4.39 Å². The van der Waals surface area contributed by atoms with Gasteiger partial charge in [0.15, 0.2) is 0 Å². The first-order valence-electron chi connectivity index (χ1n) is 2.05. The summed E-state index contributed by atoms with van der Waals surface area (Å²) in [6.07, 6.45) is 0. The van der Waals surface area contributed by atoms with Crippen LogP contribution < -0.4 is 5.32 Å². The lowest BCUT2D eigenvalue weighted by Gasteiger charge is -1.97. The number of rotatable bonds is 2. The molecule has 0 aliphatic heterocycles. The van der Waals surface area contributed by atoms with Crippen LogP contribution in [0.2, 0.25) is 0 Å². The molecular formula is C4H8FNO. The predicted molar refractivity (Wildman–Crippen MR) is 24.6 cm³/mol. The third-order valence-electron chi connectivity index (χ3n) is 0.773. The van der Waals surface area contributed by atoms with Gasteiger partial charge in [-0.25, -0.2) is 0 Å². The number of hydrogen-bond donors (Lipinski definition) is 1. The molecule has 0 radical (unpaired) electrons. The highest BCUT2D eigenvalue weighted by Crippen LogP contribution is 1.81. The molecule has 42 valence electrons. The van der Waals surface area contributed by atoms with E-state index in [1.807, 2.05) is 0 Å². The Morgan fingerprint density at radius 1 is 1.86 bits per heavy atom. The SMILES string of the molecule is CN[C@@H](C)C(=O)F. The minimum absolute atomic E-state index is 0.653. The highest BCUT2D eigenvalue weighted by atomic mass is 19.1.